The number of rotatable bonds is 5. The highest BCUT2D eigenvalue weighted by Gasteiger charge is 2.55. The van der Waals surface area contributed by atoms with Crippen LogP contribution >= 0.6 is 0 Å². The molecule has 0 spiro atoms. The minimum atomic E-state index is -1.22. The van der Waals surface area contributed by atoms with E-state index in [1.54, 1.807) is 39.1 Å². The van der Waals surface area contributed by atoms with Crippen LogP contribution in [0.5, 0.6) is 0 Å². The third-order valence-corrected chi connectivity index (χ3v) is 8.72. The van der Waals surface area contributed by atoms with Crippen molar-refractivity contribution in [2.75, 3.05) is 35.3 Å². The van der Waals surface area contributed by atoms with Gasteiger partial charge in [-0.15, -0.1) is 0 Å². The van der Waals surface area contributed by atoms with Gasteiger partial charge in [-0.25, -0.2) is 0 Å². The molecule has 0 heterocycles. The molecule has 0 aromatic rings. The molecule has 0 aliphatic heterocycles. The van der Waals surface area contributed by atoms with Crippen molar-refractivity contribution in [2.45, 2.75) is 39.2 Å². The summed E-state index contributed by atoms with van der Waals surface area (Å²) in [7, 11) is 8.71. The maximum Gasteiger partial charge on any atom is 0.255 e. The lowest BCUT2D eigenvalue weighted by atomic mass is 9.59. The summed E-state index contributed by atoms with van der Waals surface area (Å²) in [6, 6.07) is -0.760. The molecule has 10 heteroatoms. The fourth-order valence-electron chi connectivity index (χ4n) is 6.74. The average Bonchev–Trinajstić information content (AvgIpc) is 2.90. The quantitative estimate of drug-likeness (QED) is 0.167. The molecule has 5 N–H and O–H groups in total. The Hall–Kier alpha value is -4.23. The number of amides is 1. The minimum absolute atomic E-state index is 0.0529. The Labute approximate surface area is 246 Å². The van der Waals surface area contributed by atoms with Crippen molar-refractivity contribution in [3.63, 3.8) is 0 Å². The molecule has 4 unspecified atom stereocenters. The summed E-state index contributed by atoms with van der Waals surface area (Å²) in [6.45, 7) is 3.64. The topological polar surface area (TPSA) is 154 Å². The van der Waals surface area contributed by atoms with Crippen molar-refractivity contribution in [2.24, 2.45) is 29.4 Å². The van der Waals surface area contributed by atoms with E-state index in [1.165, 1.54) is 0 Å². The lowest BCUT2D eigenvalue weighted by molar-refractivity contribution is -0.127. The number of nitrogens with two attached hydrogens (primary N) is 1. The van der Waals surface area contributed by atoms with Gasteiger partial charge in [0.05, 0.1) is 36.3 Å². The van der Waals surface area contributed by atoms with Crippen LogP contribution in [0.25, 0.3) is 0 Å². The molecule has 1 amide bonds. The number of ketones is 2. The number of hydrogen-bond acceptors (Lipinski definition) is 9. The van der Waals surface area contributed by atoms with E-state index < -0.39 is 64.3 Å². The van der Waals surface area contributed by atoms with Crippen LogP contribution in [-0.2, 0) is 19.1 Å². The van der Waals surface area contributed by atoms with Gasteiger partial charge in [0, 0.05) is 37.4 Å². The molecule has 224 valence electrons. The molecule has 4 rings (SSSR count). The van der Waals surface area contributed by atoms with Gasteiger partial charge in [0.2, 0.25) is 0 Å². The van der Waals surface area contributed by atoms with E-state index in [-0.39, 0.29) is 16.9 Å². The largest absolute Gasteiger partial charge is 0.511 e. The smallest absolute Gasteiger partial charge is 0.255 e. The number of carbonyl (C=O) groups is 3. The van der Waals surface area contributed by atoms with E-state index in [9.17, 15) is 29.7 Å². The van der Waals surface area contributed by atoms with Gasteiger partial charge in [-0.1, -0.05) is 17.9 Å². The molecule has 1 fully saturated rings. The van der Waals surface area contributed by atoms with Crippen LogP contribution in [0, 0.1) is 35.5 Å². The number of Topliss-reactive ketones (excluding diaryl/α,β-unsaturated/α-hetero) is 2. The number of fused-ring (bicyclic) bond motifs is 3. The van der Waals surface area contributed by atoms with E-state index in [0.717, 1.165) is 5.70 Å². The first-order valence-electron chi connectivity index (χ1n) is 13.9. The van der Waals surface area contributed by atoms with Crippen LogP contribution in [0.2, 0.25) is 0 Å². The van der Waals surface area contributed by atoms with Gasteiger partial charge in [0.15, 0.2) is 11.6 Å². The Morgan fingerprint density at radius 1 is 1.07 bits per heavy atom. The van der Waals surface area contributed by atoms with Crippen LogP contribution in [0.15, 0.2) is 68.8 Å². The number of carbonyl (C=O) groups excluding carboxylic acids is 3. The molecule has 0 saturated heterocycles. The van der Waals surface area contributed by atoms with E-state index in [4.69, 9.17) is 10.5 Å². The number of likely N-dealkylation sites (N-methyl/N-ethyl adjacent to an activating group) is 1. The first-order chi connectivity index (χ1) is 19.7. The molecule has 42 heavy (non-hydrogen) atoms. The van der Waals surface area contributed by atoms with E-state index >= 15 is 0 Å². The van der Waals surface area contributed by atoms with Gasteiger partial charge >= 0.3 is 0 Å². The van der Waals surface area contributed by atoms with Crippen LogP contribution < -0.4 is 5.73 Å². The van der Waals surface area contributed by atoms with Crippen molar-refractivity contribution in [3.05, 3.63) is 68.8 Å². The molecule has 1 saturated carbocycles. The van der Waals surface area contributed by atoms with Crippen molar-refractivity contribution in [1.82, 2.24) is 9.80 Å². The zero-order valence-corrected chi connectivity index (χ0v) is 25.1. The molecular formula is C32H39N3O7. The lowest BCUT2D eigenvalue weighted by Gasteiger charge is -2.47. The molecule has 0 aromatic carbocycles. The molecule has 5 atom stereocenters. The highest BCUT2D eigenvalue weighted by atomic mass is 16.5. The number of methoxy groups -OCH3 is 1. The van der Waals surface area contributed by atoms with Crippen LogP contribution in [0.3, 0.4) is 0 Å². The van der Waals surface area contributed by atoms with Crippen molar-refractivity contribution in [3.8, 4) is 11.8 Å². The summed E-state index contributed by atoms with van der Waals surface area (Å²) in [4.78, 5) is 43.3. The second-order valence-corrected chi connectivity index (χ2v) is 11.6. The van der Waals surface area contributed by atoms with Gasteiger partial charge in [-0.2, -0.15) is 0 Å². The highest BCUT2D eigenvalue weighted by molar-refractivity contribution is 6.22. The molecule has 0 bridgehead atoms. The van der Waals surface area contributed by atoms with Gasteiger partial charge < -0.3 is 30.7 Å². The predicted octanol–water partition coefficient (Wildman–Crippen LogP) is 2.98. The van der Waals surface area contributed by atoms with Gasteiger partial charge in [-0.05, 0) is 64.3 Å². The molecule has 4 aliphatic rings. The number of aliphatic hydroxyl groups excluding tert-OH is 3. The first kappa shape index (κ1) is 30.7. The fourth-order valence-corrected chi connectivity index (χ4v) is 6.74. The zero-order valence-electron chi connectivity index (χ0n) is 25.1. The second kappa shape index (κ2) is 11.6. The van der Waals surface area contributed by atoms with Crippen LogP contribution in [0.1, 0.15) is 33.1 Å². The maximum atomic E-state index is 14.1. The Kier molecular flexibility index (Phi) is 8.46. The number of nitrogens with zero attached hydrogens (tertiary/aromatic N) is 2. The number of aliphatic hydroxyl groups is 3. The second-order valence-electron chi connectivity index (χ2n) is 11.6. The zero-order chi connectivity index (χ0) is 31.2. The molecular weight excluding hydrogens is 538 g/mol. The summed E-state index contributed by atoms with van der Waals surface area (Å²) in [5, 5.41) is 33.9. The van der Waals surface area contributed by atoms with Gasteiger partial charge in [0.25, 0.3) is 5.91 Å². The fraction of sp³-hybridized carbons (Fsp3) is 0.469. The highest BCUT2D eigenvalue weighted by Crippen LogP contribution is 2.53. The Balaban J connectivity index is 1.86. The van der Waals surface area contributed by atoms with E-state index in [1.807, 2.05) is 32.0 Å². The molecule has 4 aliphatic carbocycles. The van der Waals surface area contributed by atoms with Crippen molar-refractivity contribution in [1.29, 1.82) is 0 Å². The lowest BCUT2D eigenvalue weighted by Crippen LogP contribution is -2.53. The number of ether oxygens (including phenoxy) is 1. The number of primary amides is 1. The molecule has 10 nitrogen and oxygen atoms in total. The number of allylic oxidation sites excluding steroid dienone is 10. The Bertz CT molecular complexity index is 1490. The number of hydrogen-bond donors (Lipinski definition) is 4. The Morgan fingerprint density at radius 2 is 1.74 bits per heavy atom. The summed E-state index contributed by atoms with van der Waals surface area (Å²) >= 11 is 0. The van der Waals surface area contributed by atoms with Crippen LogP contribution in [0.4, 0.5) is 0 Å². The standard InChI is InChI=1S/C32H39N3O7/c1-8-16(11-15(2)42-7)9-10-17-14-21(34(3)4)19-12-18-13-20-24(29(38)22(18)28(37)23(19)27(17)36)30(39)25(32(33)41)31(40)26(20)35(5)6/h8,11,17-18,20,24,26,36,38,40H,12-14H2,1-7H3,(H2,33,41)/b15-11+,16-8-/t17?,18-,20?,24?,26?/m0/s1. The maximum absolute atomic E-state index is 14.1. The van der Waals surface area contributed by atoms with Gasteiger partial charge in [0.1, 0.15) is 22.9 Å². The SMILES string of the molecule is C/C=C(C#CC1CC(N(C)C)=C2C[C@H]3CC4C(C(=O)C(C(N)=O)=C(O)C4N(C)C)C(O)=C3C(=O)C2=C1O)\C=C(/C)OC. The predicted molar refractivity (Wildman–Crippen MR) is 156 cm³/mol. The molecule has 0 aromatic heterocycles. The minimum Gasteiger partial charge on any atom is -0.511 e. The van der Waals surface area contributed by atoms with E-state index in [0.29, 0.717) is 36.2 Å². The summed E-state index contributed by atoms with van der Waals surface area (Å²) in [5.74, 6) is 0.411. The summed E-state index contributed by atoms with van der Waals surface area (Å²) in [6.07, 6.45) is 4.64. The first-order valence-corrected chi connectivity index (χ1v) is 13.9. The Morgan fingerprint density at radius 3 is 2.29 bits per heavy atom. The van der Waals surface area contributed by atoms with Crippen molar-refractivity contribution >= 4 is 17.5 Å². The van der Waals surface area contributed by atoms with E-state index in [2.05, 4.69) is 11.8 Å². The van der Waals surface area contributed by atoms with Crippen molar-refractivity contribution < 1.29 is 34.4 Å². The third kappa shape index (κ3) is 5.02. The normalized spacial score (nSPS) is 28.3. The molecule has 0 radical (unpaired) electrons. The monoisotopic (exact) mass is 577 g/mol. The third-order valence-electron chi connectivity index (χ3n) is 8.72. The summed E-state index contributed by atoms with van der Waals surface area (Å²) < 4.78 is 5.22. The van der Waals surface area contributed by atoms with Crippen LogP contribution in [-0.4, -0.2) is 83.9 Å². The average molecular weight is 578 g/mol. The summed E-state index contributed by atoms with van der Waals surface area (Å²) in [5.41, 5.74) is 7.26. The van der Waals surface area contributed by atoms with Gasteiger partial charge in [-0.3, -0.25) is 19.3 Å².